The van der Waals surface area contributed by atoms with Crippen molar-refractivity contribution in [2.24, 2.45) is 0 Å². The van der Waals surface area contributed by atoms with Crippen LogP contribution in [0.25, 0.3) is 0 Å². The van der Waals surface area contributed by atoms with Gasteiger partial charge in [0.05, 0.1) is 11.0 Å². The SMILES string of the molecule is O=[N+]([O-])c1cc(F)ccc1OC1CCCNC1. The van der Waals surface area contributed by atoms with Crippen LogP contribution in [0, 0.1) is 15.9 Å². The van der Waals surface area contributed by atoms with Gasteiger partial charge in [-0.05, 0) is 31.5 Å². The van der Waals surface area contributed by atoms with Crippen LogP contribution in [0.3, 0.4) is 0 Å². The molecular weight excluding hydrogens is 227 g/mol. The Labute approximate surface area is 97.7 Å². The summed E-state index contributed by atoms with van der Waals surface area (Å²) in [5, 5.41) is 13.9. The Bertz CT molecular complexity index is 419. The van der Waals surface area contributed by atoms with E-state index in [1.165, 1.54) is 12.1 Å². The van der Waals surface area contributed by atoms with E-state index in [1.54, 1.807) is 0 Å². The first-order chi connectivity index (χ1) is 8.16. The van der Waals surface area contributed by atoms with Gasteiger partial charge in [-0.3, -0.25) is 10.1 Å². The molecule has 2 rings (SSSR count). The molecule has 1 aromatic rings. The summed E-state index contributed by atoms with van der Waals surface area (Å²) in [5.74, 6) is -0.504. The minimum Gasteiger partial charge on any atom is -0.482 e. The lowest BCUT2D eigenvalue weighted by molar-refractivity contribution is -0.386. The van der Waals surface area contributed by atoms with Crippen LogP contribution in [-0.4, -0.2) is 24.1 Å². The number of piperidine rings is 1. The summed E-state index contributed by atoms with van der Waals surface area (Å²) in [6, 6.07) is 3.35. The predicted octanol–water partition coefficient (Wildman–Crippen LogP) is 1.86. The summed E-state index contributed by atoms with van der Waals surface area (Å²) in [6.45, 7) is 1.60. The van der Waals surface area contributed by atoms with Gasteiger partial charge in [0.25, 0.3) is 0 Å². The third kappa shape index (κ3) is 2.91. The fourth-order valence-electron chi connectivity index (χ4n) is 1.83. The van der Waals surface area contributed by atoms with Crippen molar-refractivity contribution >= 4 is 5.69 Å². The second kappa shape index (κ2) is 5.09. The smallest absolute Gasteiger partial charge is 0.313 e. The van der Waals surface area contributed by atoms with E-state index in [0.29, 0.717) is 6.54 Å². The van der Waals surface area contributed by atoms with Gasteiger partial charge in [0, 0.05) is 6.54 Å². The van der Waals surface area contributed by atoms with Crippen LogP contribution in [-0.2, 0) is 0 Å². The van der Waals surface area contributed by atoms with Gasteiger partial charge in [-0.25, -0.2) is 4.39 Å². The molecule has 1 saturated heterocycles. The third-order valence-electron chi connectivity index (χ3n) is 2.66. The normalized spacial score (nSPS) is 19.9. The van der Waals surface area contributed by atoms with E-state index in [-0.39, 0.29) is 17.5 Å². The molecule has 0 bridgehead atoms. The van der Waals surface area contributed by atoms with Gasteiger partial charge in [0.1, 0.15) is 11.9 Å². The van der Waals surface area contributed by atoms with Crippen LogP contribution < -0.4 is 10.1 Å². The predicted molar refractivity (Wildman–Crippen MR) is 59.6 cm³/mol. The van der Waals surface area contributed by atoms with Crippen LogP contribution >= 0.6 is 0 Å². The molecule has 92 valence electrons. The number of hydrogen-bond acceptors (Lipinski definition) is 4. The van der Waals surface area contributed by atoms with E-state index in [4.69, 9.17) is 4.74 Å². The lowest BCUT2D eigenvalue weighted by Gasteiger charge is -2.23. The van der Waals surface area contributed by atoms with Crippen molar-refractivity contribution in [3.63, 3.8) is 0 Å². The zero-order chi connectivity index (χ0) is 12.3. The topological polar surface area (TPSA) is 64.4 Å². The molecule has 1 unspecified atom stereocenters. The van der Waals surface area contributed by atoms with Crippen LogP contribution in [0.5, 0.6) is 5.75 Å². The number of hydrogen-bond donors (Lipinski definition) is 1. The van der Waals surface area contributed by atoms with E-state index >= 15 is 0 Å². The van der Waals surface area contributed by atoms with E-state index in [1.807, 2.05) is 0 Å². The molecule has 1 N–H and O–H groups in total. The molecule has 5 nitrogen and oxygen atoms in total. The summed E-state index contributed by atoms with van der Waals surface area (Å²) in [6.07, 6.45) is 1.73. The van der Waals surface area contributed by atoms with Crippen LogP contribution in [0.2, 0.25) is 0 Å². The van der Waals surface area contributed by atoms with Gasteiger partial charge >= 0.3 is 5.69 Å². The van der Waals surface area contributed by atoms with Crippen molar-refractivity contribution in [2.75, 3.05) is 13.1 Å². The Morgan fingerprint density at radius 3 is 3.00 bits per heavy atom. The first kappa shape index (κ1) is 11.8. The zero-order valence-corrected chi connectivity index (χ0v) is 9.19. The molecule has 1 atom stereocenters. The standard InChI is InChI=1S/C11H13FN2O3/c12-8-3-4-11(10(6-8)14(15)16)17-9-2-1-5-13-7-9/h3-4,6,9,13H,1-2,5,7H2. The molecule has 0 saturated carbocycles. The van der Waals surface area contributed by atoms with Crippen molar-refractivity contribution in [2.45, 2.75) is 18.9 Å². The first-order valence-corrected chi connectivity index (χ1v) is 5.48. The molecule has 1 aromatic carbocycles. The van der Waals surface area contributed by atoms with Gasteiger partial charge in [0.2, 0.25) is 0 Å². The molecule has 1 aliphatic rings. The van der Waals surface area contributed by atoms with E-state index in [9.17, 15) is 14.5 Å². The van der Waals surface area contributed by atoms with Crippen LogP contribution in [0.4, 0.5) is 10.1 Å². The number of rotatable bonds is 3. The molecular formula is C11H13FN2O3. The number of nitrogens with zero attached hydrogens (tertiary/aromatic N) is 1. The Morgan fingerprint density at radius 2 is 2.35 bits per heavy atom. The maximum absolute atomic E-state index is 12.9. The Kier molecular flexibility index (Phi) is 3.53. The number of nitro benzene ring substituents is 1. The molecule has 1 fully saturated rings. The zero-order valence-electron chi connectivity index (χ0n) is 9.19. The maximum Gasteiger partial charge on any atom is 0.313 e. The van der Waals surface area contributed by atoms with Gasteiger partial charge in [-0.1, -0.05) is 0 Å². The largest absolute Gasteiger partial charge is 0.482 e. The highest BCUT2D eigenvalue weighted by Gasteiger charge is 2.21. The van der Waals surface area contributed by atoms with Gasteiger partial charge in [-0.15, -0.1) is 0 Å². The second-order valence-electron chi connectivity index (χ2n) is 3.96. The molecule has 0 aliphatic carbocycles. The van der Waals surface area contributed by atoms with Crippen LogP contribution in [0.1, 0.15) is 12.8 Å². The third-order valence-corrected chi connectivity index (χ3v) is 2.66. The average molecular weight is 240 g/mol. The summed E-state index contributed by atoms with van der Waals surface area (Å²) in [7, 11) is 0. The number of benzene rings is 1. The fraction of sp³-hybridized carbons (Fsp3) is 0.455. The quantitative estimate of drug-likeness (QED) is 0.647. The molecule has 0 spiro atoms. The van der Waals surface area contributed by atoms with E-state index in [0.717, 1.165) is 25.5 Å². The number of halogens is 1. The highest BCUT2D eigenvalue weighted by molar-refractivity contribution is 5.46. The number of nitrogens with one attached hydrogen (secondary N) is 1. The number of nitro groups is 1. The molecule has 0 amide bonds. The minimum absolute atomic E-state index is 0.0899. The lowest BCUT2D eigenvalue weighted by atomic mass is 10.1. The minimum atomic E-state index is -0.634. The van der Waals surface area contributed by atoms with Gasteiger partial charge in [0.15, 0.2) is 5.75 Å². The molecule has 17 heavy (non-hydrogen) atoms. The Balaban J connectivity index is 2.16. The highest BCUT2D eigenvalue weighted by atomic mass is 19.1. The maximum atomic E-state index is 12.9. The molecule has 6 heteroatoms. The van der Waals surface area contributed by atoms with Crippen molar-refractivity contribution in [3.8, 4) is 5.75 Å². The van der Waals surface area contributed by atoms with Crippen LogP contribution in [0.15, 0.2) is 18.2 Å². The Hall–Kier alpha value is -1.69. The van der Waals surface area contributed by atoms with Gasteiger partial charge < -0.3 is 10.1 Å². The average Bonchev–Trinajstić information content (AvgIpc) is 2.32. The first-order valence-electron chi connectivity index (χ1n) is 5.48. The summed E-state index contributed by atoms with van der Waals surface area (Å²) in [4.78, 5) is 10.1. The molecule has 0 aromatic heterocycles. The van der Waals surface area contributed by atoms with Crippen molar-refractivity contribution in [3.05, 3.63) is 34.1 Å². The molecule has 1 heterocycles. The summed E-state index contributed by atoms with van der Waals surface area (Å²) in [5.41, 5.74) is -0.324. The van der Waals surface area contributed by atoms with Crippen molar-refractivity contribution in [1.82, 2.24) is 5.32 Å². The van der Waals surface area contributed by atoms with E-state index < -0.39 is 10.7 Å². The number of ether oxygens (including phenoxy) is 1. The van der Waals surface area contributed by atoms with Gasteiger partial charge in [-0.2, -0.15) is 0 Å². The van der Waals surface area contributed by atoms with Crippen molar-refractivity contribution < 1.29 is 14.1 Å². The lowest BCUT2D eigenvalue weighted by Crippen LogP contribution is -2.37. The molecule has 0 radical (unpaired) electrons. The van der Waals surface area contributed by atoms with E-state index in [2.05, 4.69) is 5.32 Å². The monoisotopic (exact) mass is 240 g/mol. The fourth-order valence-corrected chi connectivity index (χ4v) is 1.83. The highest BCUT2D eigenvalue weighted by Crippen LogP contribution is 2.29. The second-order valence-corrected chi connectivity index (χ2v) is 3.96. The Morgan fingerprint density at radius 1 is 1.53 bits per heavy atom. The molecule has 1 aliphatic heterocycles. The van der Waals surface area contributed by atoms with Crippen molar-refractivity contribution in [1.29, 1.82) is 0 Å². The summed E-state index contributed by atoms with van der Waals surface area (Å²) < 4.78 is 18.4. The summed E-state index contributed by atoms with van der Waals surface area (Å²) >= 11 is 0.